The fourth-order valence-corrected chi connectivity index (χ4v) is 3.03. The number of rotatable bonds is 5. The standard InChI is InChI=1S/C11H10Br2F2O3/c1-17-10(16)3-6-2-7(18-11(14)15)4-9(13)8(6)5-12/h2,4,11H,3,5H2,1H3. The van der Waals surface area contributed by atoms with Gasteiger partial charge in [-0.15, -0.1) is 0 Å². The summed E-state index contributed by atoms with van der Waals surface area (Å²) in [7, 11) is 1.27. The van der Waals surface area contributed by atoms with E-state index >= 15 is 0 Å². The van der Waals surface area contributed by atoms with Crippen molar-refractivity contribution in [3.05, 3.63) is 27.7 Å². The molecule has 18 heavy (non-hydrogen) atoms. The molecule has 1 aromatic carbocycles. The molecule has 0 aromatic heterocycles. The molecule has 0 fully saturated rings. The lowest BCUT2D eigenvalue weighted by atomic mass is 10.1. The first kappa shape index (κ1) is 15.4. The molecule has 1 aromatic rings. The third-order valence-electron chi connectivity index (χ3n) is 2.18. The molecule has 3 nitrogen and oxygen atoms in total. The van der Waals surface area contributed by atoms with Gasteiger partial charge in [-0.2, -0.15) is 8.78 Å². The topological polar surface area (TPSA) is 35.5 Å². The Labute approximate surface area is 120 Å². The Hall–Kier alpha value is -0.690. The van der Waals surface area contributed by atoms with Crippen molar-refractivity contribution >= 4 is 37.8 Å². The van der Waals surface area contributed by atoms with Crippen LogP contribution in [0.3, 0.4) is 0 Å². The summed E-state index contributed by atoms with van der Waals surface area (Å²) in [5.41, 5.74) is 1.37. The summed E-state index contributed by atoms with van der Waals surface area (Å²) in [5, 5.41) is 0.481. The Kier molecular flexibility index (Phi) is 6.01. The van der Waals surface area contributed by atoms with Gasteiger partial charge in [0.1, 0.15) is 5.75 Å². The Balaban J connectivity index is 3.10. The molecule has 0 saturated heterocycles. The zero-order valence-corrected chi connectivity index (χ0v) is 12.6. The molecule has 1 rings (SSSR count). The number of esters is 1. The Morgan fingerprint density at radius 3 is 2.61 bits per heavy atom. The van der Waals surface area contributed by atoms with Crippen molar-refractivity contribution in [2.75, 3.05) is 7.11 Å². The number of ether oxygens (including phenoxy) is 2. The summed E-state index contributed by atoms with van der Waals surface area (Å²) in [5.74, 6) is -0.446. The van der Waals surface area contributed by atoms with Crippen molar-refractivity contribution < 1.29 is 23.0 Å². The van der Waals surface area contributed by atoms with Crippen LogP contribution in [0.1, 0.15) is 11.1 Å². The first-order valence-electron chi connectivity index (χ1n) is 4.86. The lowest BCUT2D eigenvalue weighted by molar-refractivity contribution is -0.139. The third-order valence-corrected chi connectivity index (χ3v) is 3.45. The highest BCUT2D eigenvalue weighted by Gasteiger charge is 2.14. The first-order chi connectivity index (χ1) is 8.47. The van der Waals surface area contributed by atoms with Gasteiger partial charge in [0.25, 0.3) is 0 Å². The summed E-state index contributed by atoms with van der Waals surface area (Å²) >= 11 is 6.53. The second kappa shape index (κ2) is 7.04. The van der Waals surface area contributed by atoms with E-state index in [4.69, 9.17) is 0 Å². The Bertz CT molecular complexity index is 439. The summed E-state index contributed by atoms with van der Waals surface area (Å²) < 4.78 is 33.8. The zero-order chi connectivity index (χ0) is 13.7. The lowest BCUT2D eigenvalue weighted by Crippen LogP contribution is -2.08. The summed E-state index contributed by atoms with van der Waals surface area (Å²) in [6.07, 6.45) is -0.00350. The monoisotopic (exact) mass is 386 g/mol. The predicted molar refractivity (Wildman–Crippen MR) is 69.1 cm³/mol. The van der Waals surface area contributed by atoms with Gasteiger partial charge in [-0.05, 0) is 23.3 Å². The molecule has 0 atom stereocenters. The molecule has 0 heterocycles. The van der Waals surface area contributed by atoms with Crippen LogP contribution in [0.5, 0.6) is 5.75 Å². The quantitative estimate of drug-likeness (QED) is 0.571. The van der Waals surface area contributed by atoms with Gasteiger partial charge >= 0.3 is 12.6 Å². The second-order valence-corrected chi connectivity index (χ2v) is 4.72. The number of carbonyl (C=O) groups is 1. The van der Waals surface area contributed by atoms with Gasteiger partial charge in [0.05, 0.1) is 13.5 Å². The van der Waals surface area contributed by atoms with Crippen LogP contribution < -0.4 is 4.74 Å². The van der Waals surface area contributed by atoms with Gasteiger partial charge in [0.15, 0.2) is 0 Å². The van der Waals surface area contributed by atoms with Crippen LogP contribution in [0, 0.1) is 0 Å². The fraction of sp³-hybridized carbons (Fsp3) is 0.364. The van der Waals surface area contributed by atoms with Crippen LogP contribution in [0.2, 0.25) is 0 Å². The Morgan fingerprint density at radius 2 is 2.11 bits per heavy atom. The number of halogens is 4. The maximum absolute atomic E-state index is 12.2. The number of hydrogen-bond acceptors (Lipinski definition) is 3. The van der Waals surface area contributed by atoms with Crippen molar-refractivity contribution in [1.82, 2.24) is 0 Å². The first-order valence-corrected chi connectivity index (χ1v) is 6.78. The van der Waals surface area contributed by atoms with E-state index in [-0.39, 0.29) is 12.2 Å². The molecule has 0 bridgehead atoms. The van der Waals surface area contributed by atoms with Crippen LogP contribution >= 0.6 is 31.9 Å². The van der Waals surface area contributed by atoms with E-state index in [1.165, 1.54) is 19.2 Å². The van der Waals surface area contributed by atoms with Crippen molar-refractivity contribution in [2.45, 2.75) is 18.4 Å². The smallest absolute Gasteiger partial charge is 0.387 e. The molecule has 0 aliphatic rings. The molecule has 0 aliphatic carbocycles. The van der Waals surface area contributed by atoms with Gasteiger partial charge < -0.3 is 9.47 Å². The zero-order valence-electron chi connectivity index (χ0n) is 9.38. The molecule has 0 aliphatic heterocycles. The van der Waals surface area contributed by atoms with E-state index in [1.807, 2.05) is 0 Å². The molecule has 7 heteroatoms. The second-order valence-electron chi connectivity index (χ2n) is 3.31. The maximum Gasteiger partial charge on any atom is 0.387 e. The molecular formula is C11H10Br2F2O3. The van der Waals surface area contributed by atoms with Crippen molar-refractivity contribution in [1.29, 1.82) is 0 Å². The van der Waals surface area contributed by atoms with Gasteiger partial charge in [0.2, 0.25) is 0 Å². The molecule has 0 N–H and O–H groups in total. The van der Waals surface area contributed by atoms with Crippen molar-refractivity contribution in [2.24, 2.45) is 0 Å². The highest BCUT2D eigenvalue weighted by molar-refractivity contribution is 9.10. The minimum atomic E-state index is -2.90. The van der Waals surface area contributed by atoms with E-state index in [2.05, 4.69) is 41.3 Å². The van der Waals surface area contributed by atoms with E-state index < -0.39 is 12.6 Å². The normalized spacial score (nSPS) is 10.6. The fourth-order valence-electron chi connectivity index (χ4n) is 1.37. The molecule has 0 spiro atoms. The van der Waals surface area contributed by atoms with E-state index in [0.29, 0.717) is 15.4 Å². The average molecular weight is 388 g/mol. The maximum atomic E-state index is 12.2. The average Bonchev–Trinajstić information content (AvgIpc) is 2.27. The highest BCUT2D eigenvalue weighted by Crippen LogP contribution is 2.30. The van der Waals surface area contributed by atoms with Crippen LogP contribution in [-0.4, -0.2) is 19.7 Å². The molecule has 100 valence electrons. The third kappa shape index (κ3) is 4.20. The lowest BCUT2D eigenvalue weighted by Gasteiger charge is -2.12. The van der Waals surface area contributed by atoms with Gasteiger partial charge in [-0.3, -0.25) is 4.79 Å². The summed E-state index contributed by atoms with van der Waals surface area (Å²) in [6.45, 7) is -2.90. The van der Waals surface area contributed by atoms with Crippen LogP contribution in [0.25, 0.3) is 0 Å². The molecule has 0 unspecified atom stereocenters. The van der Waals surface area contributed by atoms with Crippen LogP contribution in [0.15, 0.2) is 16.6 Å². The molecule has 0 amide bonds. The largest absolute Gasteiger partial charge is 0.469 e. The van der Waals surface area contributed by atoms with E-state index in [0.717, 1.165) is 5.56 Å². The number of alkyl halides is 3. The minimum Gasteiger partial charge on any atom is -0.469 e. The SMILES string of the molecule is COC(=O)Cc1cc(OC(F)F)cc(Br)c1CBr. The van der Waals surface area contributed by atoms with Crippen molar-refractivity contribution in [3.63, 3.8) is 0 Å². The van der Waals surface area contributed by atoms with Gasteiger partial charge in [-0.25, -0.2) is 0 Å². The number of hydrogen-bond donors (Lipinski definition) is 0. The van der Waals surface area contributed by atoms with Gasteiger partial charge in [-0.1, -0.05) is 31.9 Å². The van der Waals surface area contributed by atoms with Crippen LogP contribution in [0.4, 0.5) is 8.78 Å². The molecule has 0 saturated carbocycles. The summed E-state index contributed by atoms with van der Waals surface area (Å²) in [6, 6.07) is 2.84. The Morgan fingerprint density at radius 1 is 1.44 bits per heavy atom. The number of carbonyl (C=O) groups excluding carboxylic acids is 1. The highest BCUT2D eigenvalue weighted by atomic mass is 79.9. The number of benzene rings is 1. The van der Waals surface area contributed by atoms with Gasteiger partial charge in [0, 0.05) is 9.80 Å². The predicted octanol–water partition coefficient (Wildman–Crippen LogP) is 3.66. The number of methoxy groups -OCH3 is 1. The molecule has 0 radical (unpaired) electrons. The van der Waals surface area contributed by atoms with Crippen LogP contribution in [-0.2, 0) is 21.3 Å². The molecular weight excluding hydrogens is 378 g/mol. The summed E-state index contributed by atoms with van der Waals surface area (Å²) in [4.78, 5) is 11.3. The minimum absolute atomic E-state index is 0.000443. The van der Waals surface area contributed by atoms with E-state index in [9.17, 15) is 13.6 Å². The van der Waals surface area contributed by atoms with Crippen molar-refractivity contribution in [3.8, 4) is 5.75 Å². The van der Waals surface area contributed by atoms with E-state index in [1.54, 1.807) is 0 Å².